The quantitative estimate of drug-likeness (QED) is 0.268. The van der Waals surface area contributed by atoms with E-state index in [1.54, 1.807) is 12.3 Å². The first kappa shape index (κ1) is 31.0. The molecular weight excluding hydrogens is 597 g/mol. The van der Waals surface area contributed by atoms with E-state index < -0.39 is 0 Å². The predicted octanol–water partition coefficient (Wildman–Crippen LogP) is 3.63. The average Bonchev–Trinajstić information content (AvgIpc) is 3.03. The molecule has 0 bridgehead atoms. The van der Waals surface area contributed by atoms with Gasteiger partial charge in [0.05, 0.1) is 61.9 Å². The van der Waals surface area contributed by atoms with Gasteiger partial charge >= 0.3 is 0 Å². The Labute approximate surface area is 260 Å². The molecule has 14 heteroatoms. The van der Waals surface area contributed by atoms with Crippen LogP contribution in [0.2, 0.25) is 10.0 Å². The maximum atomic E-state index is 12.0. The molecule has 3 aromatic rings. The zero-order valence-corrected chi connectivity index (χ0v) is 25.6. The topological polar surface area (TPSA) is 132 Å². The van der Waals surface area contributed by atoms with Crippen LogP contribution < -0.4 is 25.4 Å². The number of pyridine rings is 1. The van der Waals surface area contributed by atoms with E-state index in [9.17, 15) is 4.79 Å². The van der Waals surface area contributed by atoms with Crippen molar-refractivity contribution in [2.24, 2.45) is 0 Å². The van der Waals surface area contributed by atoms with Crippen molar-refractivity contribution in [3.8, 4) is 22.8 Å². The third-order valence-electron chi connectivity index (χ3n) is 7.40. The molecule has 0 aliphatic carbocycles. The molecule has 2 fully saturated rings. The molecule has 2 aliphatic rings. The fraction of sp³-hybridized carbons (Fsp3) is 0.448. The summed E-state index contributed by atoms with van der Waals surface area (Å²) < 4.78 is 22.1. The van der Waals surface area contributed by atoms with E-state index in [0.29, 0.717) is 89.5 Å². The van der Waals surface area contributed by atoms with Gasteiger partial charge in [-0.2, -0.15) is 0 Å². The van der Waals surface area contributed by atoms with Crippen molar-refractivity contribution in [3.05, 3.63) is 41.0 Å². The summed E-state index contributed by atoms with van der Waals surface area (Å²) in [6, 6.07) is 3.06. The second kappa shape index (κ2) is 14.4. The number of carbonyl (C=O) groups is 1. The highest BCUT2D eigenvalue weighted by molar-refractivity contribution is 6.41. The number of hydrogen-bond donors (Lipinski definition) is 3. The number of aromatic nitrogens is 3. The Bertz CT molecular complexity index is 1440. The van der Waals surface area contributed by atoms with Gasteiger partial charge in [-0.05, 0) is 18.6 Å². The first-order valence-corrected chi connectivity index (χ1v) is 14.8. The summed E-state index contributed by atoms with van der Waals surface area (Å²) in [5.41, 5.74) is 1.58. The Hall–Kier alpha value is -3.42. The molecule has 0 spiro atoms. The summed E-state index contributed by atoms with van der Waals surface area (Å²) >= 11 is 13.5. The van der Waals surface area contributed by atoms with Gasteiger partial charge in [0.2, 0.25) is 11.9 Å². The lowest BCUT2D eigenvalue weighted by Gasteiger charge is -2.32. The fourth-order valence-electron chi connectivity index (χ4n) is 5.09. The number of nitrogens with zero attached hydrogens (tertiary/aromatic N) is 4. The second-order valence-electron chi connectivity index (χ2n) is 10.1. The molecule has 2 aromatic heterocycles. The third kappa shape index (κ3) is 7.22. The largest absolute Gasteiger partial charge is 0.495 e. The van der Waals surface area contributed by atoms with Gasteiger partial charge in [-0.3, -0.25) is 9.69 Å². The molecule has 0 unspecified atom stereocenters. The van der Waals surface area contributed by atoms with Crippen LogP contribution in [0.5, 0.6) is 11.5 Å². The van der Waals surface area contributed by atoms with Crippen LogP contribution in [0.15, 0.2) is 31.0 Å². The van der Waals surface area contributed by atoms with E-state index in [0.717, 1.165) is 25.0 Å². The van der Waals surface area contributed by atoms with E-state index in [4.69, 9.17) is 52.1 Å². The summed E-state index contributed by atoms with van der Waals surface area (Å²) in [5, 5.41) is 11.1. The molecule has 2 saturated heterocycles. The van der Waals surface area contributed by atoms with E-state index in [-0.39, 0.29) is 18.0 Å². The Morgan fingerprint density at radius 1 is 1.09 bits per heavy atom. The minimum absolute atomic E-state index is 0.169. The van der Waals surface area contributed by atoms with Crippen molar-refractivity contribution in [1.82, 2.24) is 25.2 Å². The Kier molecular flexibility index (Phi) is 10.4. The predicted molar refractivity (Wildman–Crippen MR) is 167 cm³/mol. The molecule has 0 radical (unpaired) electrons. The van der Waals surface area contributed by atoms with Gasteiger partial charge in [0, 0.05) is 56.0 Å². The number of nitrogens with one attached hydrogen (secondary N) is 3. The maximum absolute atomic E-state index is 12.0. The van der Waals surface area contributed by atoms with Gasteiger partial charge in [-0.25, -0.2) is 15.0 Å². The lowest BCUT2D eigenvalue weighted by molar-refractivity contribution is -0.117. The normalized spacial score (nSPS) is 19.1. The van der Waals surface area contributed by atoms with E-state index in [1.165, 1.54) is 20.3 Å². The minimum Gasteiger partial charge on any atom is -0.495 e. The highest BCUT2D eigenvalue weighted by Gasteiger charge is 2.28. The number of ether oxygens (including phenoxy) is 4. The third-order valence-corrected chi connectivity index (χ3v) is 8.15. The maximum Gasteiger partial charge on any atom is 0.243 e. The van der Waals surface area contributed by atoms with Gasteiger partial charge in [0.25, 0.3) is 0 Å². The molecule has 3 N–H and O–H groups in total. The lowest BCUT2D eigenvalue weighted by Crippen LogP contribution is -2.52. The molecule has 0 saturated carbocycles. The summed E-state index contributed by atoms with van der Waals surface area (Å²) in [6.45, 7) is 9.07. The standard InChI is InChI=1S/C29H35Cl2N7O5/c1-4-23(39)34-18-5-10-43-16-20(18)36-29-33-15-17-13-19(24-25(30)21(40-2)14-22(41-3)26(24)31)35-28(27(17)37-29)32-6-7-38-8-11-42-12-9-38/h4,13-15,18,20H,1,5-12,16H2,2-3H3,(H,32,35)(H,34,39)(H,33,36,37)/t18-,20+/m0/s1. The zero-order chi connectivity index (χ0) is 30.3. The Morgan fingerprint density at radius 2 is 1.84 bits per heavy atom. The molecule has 5 rings (SSSR count). The van der Waals surface area contributed by atoms with Crippen LogP contribution in [0, 0.1) is 0 Å². The van der Waals surface area contributed by atoms with Gasteiger partial charge in [0.15, 0.2) is 5.82 Å². The monoisotopic (exact) mass is 631 g/mol. The molecule has 1 amide bonds. The molecule has 230 valence electrons. The van der Waals surface area contributed by atoms with Crippen LogP contribution in [0.3, 0.4) is 0 Å². The van der Waals surface area contributed by atoms with Crippen LogP contribution in [0.25, 0.3) is 22.2 Å². The number of hydrogen-bond acceptors (Lipinski definition) is 11. The zero-order valence-electron chi connectivity index (χ0n) is 24.1. The molecule has 4 heterocycles. The molecule has 1 aromatic carbocycles. The van der Waals surface area contributed by atoms with E-state index >= 15 is 0 Å². The smallest absolute Gasteiger partial charge is 0.243 e. The molecular formula is C29H35Cl2N7O5. The van der Waals surface area contributed by atoms with E-state index in [2.05, 4.69) is 32.4 Å². The molecule has 12 nitrogen and oxygen atoms in total. The van der Waals surface area contributed by atoms with Crippen LogP contribution in [-0.4, -0.2) is 105 Å². The van der Waals surface area contributed by atoms with Crippen molar-refractivity contribution in [3.63, 3.8) is 0 Å². The summed E-state index contributed by atoms with van der Waals surface area (Å²) in [5.74, 6) is 1.49. The highest BCUT2D eigenvalue weighted by atomic mass is 35.5. The first-order chi connectivity index (χ1) is 20.9. The second-order valence-corrected chi connectivity index (χ2v) is 10.8. The lowest BCUT2D eigenvalue weighted by atomic mass is 10.0. The SMILES string of the molecule is C=CC(=O)N[C@H]1CCOC[C@H]1Nc1ncc2cc(-c3c(Cl)c(OC)cc(OC)c3Cl)nc(NCCN3CCOCC3)c2n1. The van der Waals surface area contributed by atoms with Crippen LogP contribution in [0.4, 0.5) is 11.8 Å². The van der Waals surface area contributed by atoms with Crippen LogP contribution in [0.1, 0.15) is 6.42 Å². The number of carbonyl (C=O) groups excluding carboxylic acids is 1. The minimum atomic E-state index is -0.242. The number of benzene rings is 1. The highest BCUT2D eigenvalue weighted by Crippen LogP contribution is 2.46. The number of halogens is 2. The van der Waals surface area contributed by atoms with Gasteiger partial charge < -0.3 is 34.9 Å². The fourth-order valence-corrected chi connectivity index (χ4v) is 5.78. The van der Waals surface area contributed by atoms with Crippen LogP contribution in [-0.2, 0) is 14.3 Å². The number of methoxy groups -OCH3 is 2. The molecule has 2 atom stereocenters. The van der Waals surface area contributed by atoms with Crippen molar-refractivity contribution >= 4 is 51.8 Å². The molecule has 2 aliphatic heterocycles. The summed E-state index contributed by atoms with van der Waals surface area (Å²) in [7, 11) is 3.05. The average molecular weight is 633 g/mol. The Balaban J connectivity index is 1.51. The Morgan fingerprint density at radius 3 is 2.53 bits per heavy atom. The molecule has 43 heavy (non-hydrogen) atoms. The van der Waals surface area contributed by atoms with Crippen LogP contribution >= 0.6 is 23.2 Å². The van der Waals surface area contributed by atoms with Gasteiger partial charge in [0.1, 0.15) is 17.0 Å². The van der Waals surface area contributed by atoms with Crippen molar-refractivity contribution in [1.29, 1.82) is 0 Å². The number of rotatable bonds is 11. The summed E-state index contributed by atoms with van der Waals surface area (Å²) in [4.78, 5) is 28.7. The van der Waals surface area contributed by atoms with Crippen molar-refractivity contribution in [2.75, 3.05) is 77.5 Å². The number of morpholine rings is 1. The first-order valence-electron chi connectivity index (χ1n) is 14.0. The summed E-state index contributed by atoms with van der Waals surface area (Å²) in [6.07, 6.45) is 3.62. The van der Waals surface area contributed by atoms with Gasteiger partial charge in [-0.1, -0.05) is 29.8 Å². The van der Waals surface area contributed by atoms with Crippen molar-refractivity contribution in [2.45, 2.75) is 18.5 Å². The number of anilines is 2. The van der Waals surface area contributed by atoms with Crippen molar-refractivity contribution < 1.29 is 23.7 Å². The number of amides is 1. The van der Waals surface area contributed by atoms with Gasteiger partial charge in [-0.15, -0.1) is 0 Å². The number of fused-ring (bicyclic) bond motifs is 1. The van der Waals surface area contributed by atoms with E-state index in [1.807, 2.05) is 6.07 Å².